The normalized spacial score (nSPS) is 20.8. The molecule has 168 valence electrons. The highest BCUT2D eigenvalue weighted by atomic mass is 19.1. The number of hydrogen-bond acceptors (Lipinski definition) is 5. The number of ether oxygens (including phenoxy) is 1. The molecule has 2 fully saturated rings. The van der Waals surface area contributed by atoms with Crippen molar-refractivity contribution < 1.29 is 28.2 Å². The number of methoxy groups -OCH3 is 1. The third-order valence-electron chi connectivity index (χ3n) is 6.01. The average molecular weight is 442 g/mol. The Kier molecular flexibility index (Phi) is 6.23. The van der Waals surface area contributed by atoms with Crippen LogP contribution in [-0.2, 0) is 9.59 Å². The summed E-state index contributed by atoms with van der Waals surface area (Å²) in [6.07, 6.45) is 2.13. The zero-order chi connectivity index (χ0) is 22.8. The van der Waals surface area contributed by atoms with E-state index in [-0.39, 0.29) is 29.0 Å². The maximum absolute atomic E-state index is 14.8. The largest absolute Gasteiger partial charge is 0.507 e. The van der Waals surface area contributed by atoms with E-state index in [1.54, 1.807) is 6.07 Å². The van der Waals surface area contributed by atoms with Crippen molar-refractivity contribution in [3.63, 3.8) is 0 Å². The molecule has 0 aromatic heterocycles. The van der Waals surface area contributed by atoms with Gasteiger partial charge in [-0.3, -0.25) is 9.59 Å². The number of rotatable bonds is 6. The van der Waals surface area contributed by atoms with Crippen LogP contribution in [0.1, 0.15) is 30.0 Å². The summed E-state index contributed by atoms with van der Waals surface area (Å²) in [6, 6.07) is 8.16. The average Bonchev–Trinajstić information content (AvgIpc) is 3.39. The predicted octanol–water partition coefficient (Wildman–Crippen LogP) is 3.49. The molecule has 2 heterocycles. The molecule has 2 aromatic carbocycles. The lowest BCUT2D eigenvalue weighted by Crippen LogP contribution is -2.37. The van der Waals surface area contributed by atoms with Crippen molar-refractivity contribution in [1.82, 2.24) is 9.80 Å². The molecule has 6 nitrogen and oxygen atoms in total. The molecule has 8 heteroatoms. The molecule has 0 spiro atoms. The molecule has 1 N–H and O–H groups in total. The van der Waals surface area contributed by atoms with E-state index in [2.05, 4.69) is 4.90 Å². The summed E-state index contributed by atoms with van der Waals surface area (Å²) in [5, 5.41) is 11.1. The van der Waals surface area contributed by atoms with E-state index in [0.29, 0.717) is 6.54 Å². The molecule has 1 amide bonds. The maximum atomic E-state index is 14.8. The van der Waals surface area contributed by atoms with E-state index in [4.69, 9.17) is 4.74 Å². The molecular weight excluding hydrogens is 418 g/mol. The fraction of sp³-hybridized carbons (Fsp3) is 0.333. The Morgan fingerprint density at radius 3 is 2.50 bits per heavy atom. The molecule has 2 saturated heterocycles. The lowest BCUT2D eigenvalue weighted by atomic mass is 9.94. The Morgan fingerprint density at radius 1 is 1.09 bits per heavy atom. The summed E-state index contributed by atoms with van der Waals surface area (Å²) in [4.78, 5) is 29.4. The highest BCUT2D eigenvalue weighted by Gasteiger charge is 2.47. The van der Waals surface area contributed by atoms with Gasteiger partial charge in [-0.25, -0.2) is 8.78 Å². The molecule has 2 aromatic rings. The minimum atomic E-state index is -1.13. The number of benzene rings is 2. The number of carbonyl (C=O) groups is 2. The SMILES string of the molecule is COc1ccc(F)cc1/C(O)=C1\C(=O)C(=O)N(CCN2CCCC2)C1c1ccccc1F. The van der Waals surface area contributed by atoms with E-state index >= 15 is 0 Å². The highest BCUT2D eigenvalue weighted by Crippen LogP contribution is 2.41. The number of Topliss-reactive ketones (excluding diaryl/α,β-unsaturated/α-hetero) is 1. The fourth-order valence-corrected chi connectivity index (χ4v) is 4.40. The Labute approximate surface area is 184 Å². The van der Waals surface area contributed by atoms with Crippen molar-refractivity contribution >= 4 is 17.4 Å². The number of aliphatic hydroxyl groups excluding tert-OH is 1. The van der Waals surface area contributed by atoms with Gasteiger partial charge >= 0.3 is 0 Å². The van der Waals surface area contributed by atoms with Crippen LogP contribution in [0.25, 0.3) is 5.76 Å². The van der Waals surface area contributed by atoms with Gasteiger partial charge in [0.25, 0.3) is 11.7 Å². The summed E-state index contributed by atoms with van der Waals surface area (Å²) in [5.41, 5.74) is -0.276. The lowest BCUT2D eigenvalue weighted by Gasteiger charge is -2.27. The second-order valence-corrected chi connectivity index (χ2v) is 7.91. The predicted molar refractivity (Wildman–Crippen MR) is 114 cm³/mol. The number of ketones is 1. The van der Waals surface area contributed by atoms with Gasteiger partial charge in [-0.1, -0.05) is 18.2 Å². The van der Waals surface area contributed by atoms with Gasteiger partial charge in [-0.15, -0.1) is 0 Å². The summed E-state index contributed by atoms with van der Waals surface area (Å²) < 4.78 is 34.0. The summed E-state index contributed by atoms with van der Waals surface area (Å²) in [6.45, 7) is 2.52. The van der Waals surface area contributed by atoms with Crippen LogP contribution in [0.3, 0.4) is 0 Å². The number of carbonyl (C=O) groups excluding carboxylic acids is 2. The third-order valence-corrected chi connectivity index (χ3v) is 6.01. The van der Waals surface area contributed by atoms with E-state index in [0.717, 1.165) is 38.1 Å². The highest BCUT2D eigenvalue weighted by molar-refractivity contribution is 6.46. The second kappa shape index (κ2) is 9.08. The van der Waals surface area contributed by atoms with Gasteiger partial charge < -0.3 is 19.6 Å². The first-order chi connectivity index (χ1) is 15.4. The van der Waals surface area contributed by atoms with Crippen LogP contribution in [0.4, 0.5) is 8.78 Å². The first-order valence-corrected chi connectivity index (χ1v) is 10.5. The fourth-order valence-electron chi connectivity index (χ4n) is 4.40. The minimum absolute atomic E-state index is 0.0774. The lowest BCUT2D eigenvalue weighted by molar-refractivity contribution is -0.140. The number of likely N-dealkylation sites (tertiary alicyclic amines) is 2. The minimum Gasteiger partial charge on any atom is -0.507 e. The molecule has 2 aliphatic heterocycles. The summed E-state index contributed by atoms with van der Waals surface area (Å²) >= 11 is 0. The van der Waals surface area contributed by atoms with Gasteiger partial charge in [0, 0.05) is 18.7 Å². The van der Waals surface area contributed by atoms with E-state index in [1.807, 2.05) is 0 Å². The smallest absolute Gasteiger partial charge is 0.295 e. The summed E-state index contributed by atoms with van der Waals surface area (Å²) in [5.74, 6) is -3.50. The molecular formula is C24H24F2N2O4. The van der Waals surface area contributed by atoms with Crippen molar-refractivity contribution in [2.75, 3.05) is 33.3 Å². The number of nitrogens with zero attached hydrogens (tertiary/aromatic N) is 2. The Morgan fingerprint density at radius 2 is 1.81 bits per heavy atom. The molecule has 4 rings (SSSR count). The van der Waals surface area contributed by atoms with Gasteiger partial charge in [-0.2, -0.15) is 0 Å². The first kappa shape index (κ1) is 22.0. The van der Waals surface area contributed by atoms with Crippen molar-refractivity contribution in [3.05, 3.63) is 70.8 Å². The number of halogens is 2. The van der Waals surface area contributed by atoms with Crippen LogP contribution in [0.5, 0.6) is 5.75 Å². The van der Waals surface area contributed by atoms with Gasteiger partial charge in [0.2, 0.25) is 0 Å². The van der Waals surface area contributed by atoms with E-state index < -0.39 is 35.1 Å². The van der Waals surface area contributed by atoms with Gasteiger partial charge in [0.15, 0.2) is 0 Å². The Hall–Kier alpha value is -3.26. The van der Waals surface area contributed by atoms with E-state index in [9.17, 15) is 23.5 Å². The van der Waals surface area contributed by atoms with Crippen molar-refractivity contribution in [2.45, 2.75) is 18.9 Å². The number of hydrogen-bond donors (Lipinski definition) is 1. The molecule has 2 aliphatic rings. The van der Waals surface area contributed by atoms with Crippen molar-refractivity contribution in [1.29, 1.82) is 0 Å². The van der Waals surface area contributed by atoms with Crippen LogP contribution in [0.15, 0.2) is 48.0 Å². The molecule has 0 radical (unpaired) electrons. The third kappa shape index (κ3) is 3.98. The zero-order valence-electron chi connectivity index (χ0n) is 17.7. The van der Waals surface area contributed by atoms with E-state index in [1.165, 1.54) is 36.3 Å². The van der Waals surface area contributed by atoms with Gasteiger partial charge in [0.1, 0.15) is 23.1 Å². The Balaban J connectivity index is 1.83. The quantitative estimate of drug-likeness (QED) is 0.421. The molecule has 1 unspecified atom stereocenters. The number of aliphatic hydroxyl groups is 1. The monoisotopic (exact) mass is 442 g/mol. The zero-order valence-corrected chi connectivity index (χ0v) is 17.7. The van der Waals surface area contributed by atoms with Crippen LogP contribution in [0.2, 0.25) is 0 Å². The maximum Gasteiger partial charge on any atom is 0.295 e. The second-order valence-electron chi connectivity index (χ2n) is 7.91. The number of amides is 1. The topological polar surface area (TPSA) is 70.1 Å². The van der Waals surface area contributed by atoms with Crippen LogP contribution in [0, 0.1) is 11.6 Å². The standard InChI is InChI=1S/C24H24F2N2O4/c1-32-19-9-8-15(25)14-17(19)22(29)20-21(16-6-2-3-7-18(16)26)28(24(31)23(20)30)13-12-27-10-4-5-11-27/h2-3,6-9,14,21,29H,4-5,10-13H2,1H3/b22-20+. The van der Waals surface area contributed by atoms with Gasteiger partial charge in [0.05, 0.1) is 24.3 Å². The Bertz CT molecular complexity index is 1080. The molecule has 32 heavy (non-hydrogen) atoms. The van der Waals surface area contributed by atoms with Crippen molar-refractivity contribution in [3.8, 4) is 5.75 Å². The first-order valence-electron chi connectivity index (χ1n) is 10.5. The molecule has 1 atom stereocenters. The summed E-state index contributed by atoms with van der Waals surface area (Å²) in [7, 11) is 1.34. The van der Waals surface area contributed by atoms with Crippen LogP contribution < -0.4 is 4.74 Å². The van der Waals surface area contributed by atoms with Gasteiger partial charge in [-0.05, 0) is 50.2 Å². The van der Waals surface area contributed by atoms with Crippen LogP contribution in [-0.4, -0.2) is 59.9 Å². The molecule has 0 bridgehead atoms. The molecule has 0 saturated carbocycles. The van der Waals surface area contributed by atoms with Crippen LogP contribution >= 0.6 is 0 Å². The van der Waals surface area contributed by atoms with Crippen molar-refractivity contribution in [2.24, 2.45) is 0 Å². The molecule has 0 aliphatic carbocycles.